The van der Waals surface area contributed by atoms with Gasteiger partial charge in [-0.15, -0.1) is 0 Å². The Hall–Kier alpha value is -2.45. The molecule has 2 amide bonds. The number of hydrogen-bond donors (Lipinski definition) is 2. The van der Waals surface area contributed by atoms with Gasteiger partial charge < -0.3 is 15.4 Å². The molecule has 0 spiro atoms. The standard InChI is InChI=1S/C19H20ClFN4O3/c1-9(10-3-11(20)5-12(21)4-10)25-16(6-15(24-25)18(26)22-2)19(27)23-17-13-7-28-8-14(13)17/h3-6,9,13-14,17H,7-8H2,1-2H3,(H,22,26)(H,23,27)/t9?,13-,14+,17?. The Balaban J connectivity index is 1.65. The van der Waals surface area contributed by atoms with Crippen molar-refractivity contribution >= 4 is 23.4 Å². The van der Waals surface area contributed by atoms with Crippen LogP contribution in [-0.4, -0.2) is 47.9 Å². The summed E-state index contributed by atoms with van der Waals surface area (Å²) in [5.74, 6) is -0.522. The van der Waals surface area contributed by atoms with Crippen LogP contribution in [0.5, 0.6) is 0 Å². The summed E-state index contributed by atoms with van der Waals surface area (Å²) in [6, 6.07) is 5.17. The third-order valence-electron chi connectivity index (χ3n) is 5.41. The number of fused-ring (bicyclic) bond motifs is 1. The third kappa shape index (κ3) is 3.38. The SMILES string of the molecule is CNC(=O)c1cc(C(=O)NC2[C@H]3COC[C@@H]23)n(C(C)c2cc(F)cc(Cl)c2)n1. The van der Waals surface area contributed by atoms with Gasteiger partial charge in [-0.25, -0.2) is 4.39 Å². The van der Waals surface area contributed by atoms with Crippen LogP contribution in [0.25, 0.3) is 0 Å². The minimum absolute atomic E-state index is 0.0759. The number of benzene rings is 1. The molecule has 1 aliphatic carbocycles. The van der Waals surface area contributed by atoms with Crippen LogP contribution in [-0.2, 0) is 4.74 Å². The zero-order valence-corrected chi connectivity index (χ0v) is 16.2. The van der Waals surface area contributed by atoms with Crippen LogP contribution in [0.3, 0.4) is 0 Å². The maximum Gasteiger partial charge on any atom is 0.271 e. The Labute approximate surface area is 166 Å². The normalized spacial score (nSPS) is 23.8. The summed E-state index contributed by atoms with van der Waals surface area (Å²) in [7, 11) is 1.49. The molecule has 1 aliphatic heterocycles. The first-order valence-electron chi connectivity index (χ1n) is 9.05. The molecule has 9 heteroatoms. The van der Waals surface area contributed by atoms with E-state index in [0.717, 1.165) is 0 Å². The second kappa shape index (κ2) is 7.18. The lowest BCUT2D eigenvalue weighted by molar-refractivity contribution is 0.0915. The minimum Gasteiger partial charge on any atom is -0.381 e. The number of hydrogen-bond acceptors (Lipinski definition) is 4. The molecule has 4 rings (SSSR count). The lowest BCUT2D eigenvalue weighted by Crippen LogP contribution is -2.32. The highest BCUT2D eigenvalue weighted by molar-refractivity contribution is 6.30. The number of rotatable bonds is 5. The predicted octanol–water partition coefficient (Wildman–Crippen LogP) is 2.02. The minimum atomic E-state index is -0.505. The molecule has 148 valence electrons. The highest BCUT2D eigenvalue weighted by Crippen LogP contribution is 2.44. The third-order valence-corrected chi connectivity index (χ3v) is 5.63. The van der Waals surface area contributed by atoms with Crippen molar-refractivity contribution in [1.29, 1.82) is 0 Å². The molecule has 2 aliphatic rings. The van der Waals surface area contributed by atoms with Crippen molar-refractivity contribution in [3.63, 3.8) is 0 Å². The van der Waals surface area contributed by atoms with Gasteiger partial charge in [0.05, 0.1) is 19.3 Å². The smallest absolute Gasteiger partial charge is 0.271 e. The van der Waals surface area contributed by atoms with Gasteiger partial charge in [-0.2, -0.15) is 5.10 Å². The Kier molecular flexibility index (Phi) is 4.84. The molecule has 28 heavy (non-hydrogen) atoms. The van der Waals surface area contributed by atoms with E-state index in [1.807, 2.05) is 0 Å². The lowest BCUT2D eigenvalue weighted by Gasteiger charge is -2.17. The molecule has 1 aromatic carbocycles. The van der Waals surface area contributed by atoms with Gasteiger partial charge >= 0.3 is 0 Å². The molecular formula is C19H20ClFN4O3. The Bertz CT molecular complexity index is 917. The number of halogens is 2. The number of aromatic nitrogens is 2. The topological polar surface area (TPSA) is 85.3 Å². The summed E-state index contributed by atoms with van der Waals surface area (Å²) in [4.78, 5) is 24.9. The monoisotopic (exact) mass is 406 g/mol. The number of nitrogens with zero attached hydrogens (tertiary/aromatic N) is 2. The summed E-state index contributed by atoms with van der Waals surface area (Å²) in [6.07, 6.45) is 0. The van der Waals surface area contributed by atoms with Crippen LogP contribution < -0.4 is 10.6 Å². The highest BCUT2D eigenvalue weighted by Gasteiger charge is 2.55. The zero-order chi connectivity index (χ0) is 20.0. The second-order valence-corrected chi connectivity index (χ2v) is 7.62. The molecule has 2 heterocycles. The second-order valence-electron chi connectivity index (χ2n) is 7.18. The summed E-state index contributed by atoms with van der Waals surface area (Å²) in [5.41, 5.74) is 0.890. The van der Waals surface area contributed by atoms with Gasteiger partial charge in [0, 0.05) is 36.0 Å². The van der Waals surface area contributed by atoms with E-state index in [-0.39, 0.29) is 28.4 Å². The zero-order valence-electron chi connectivity index (χ0n) is 15.4. The number of amides is 2. The van der Waals surface area contributed by atoms with Gasteiger partial charge in [0.1, 0.15) is 11.5 Å². The van der Waals surface area contributed by atoms with Crippen molar-refractivity contribution in [3.8, 4) is 0 Å². The van der Waals surface area contributed by atoms with Crippen LogP contribution in [0.2, 0.25) is 5.02 Å². The highest BCUT2D eigenvalue weighted by atomic mass is 35.5. The van der Waals surface area contributed by atoms with E-state index in [2.05, 4.69) is 15.7 Å². The van der Waals surface area contributed by atoms with Crippen molar-refractivity contribution in [2.24, 2.45) is 11.8 Å². The predicted molar refractivity (Wildman–Crippen MR) is 99.9 cm³/mol. The maximum absolute atomic E-state index is 13.8. The van der Waals surface area contributed by atoms with E-state index in [1.165, 1.54) is 29.9 Å². The van der Waals surface area contributed by atoms with Crippen LogP contribution in [0.4, 0.5) is 4.39 Å². The Morgan fingerprint density at radius 2 is 1.96 bits per heavy atom. The molecule has 2 N–H and O–H groups in total. The Morgan fingerprint density at radius 1 is 1.25 bits per heavy atom. The summed E-state index contributed by atoms with van der Waals surface area (Å²) in [6.45, 7) is 3.06. The largest absolute Gasteiger partial charge is 0.381 e. The summed E-state index contributed by atoms with van der Waals surface area (Å²) in [5, 5.41) is 10.0. The molecule has 1 saturated carbocycles. The van der Waals surface area contributed by atoms with Crippen LogP contribution in [0.1, 0.15) is 39.5 Å². The number of ether oxygens (including phenoxy) is 1. The first-order chi connectivity index (χ1) is 13.4. The van der Waals surface area contributed by atoms with Crippen LogP contribution >= 0.6 is 11.6 Å². The number of carbonyl (C=O) groups is 2. The molecule has 2 aromatic rings. The molecule has 1 aromatic heterocycles. The Morgan fingerprint density at radius 3 is 2.61 bits per heavy atom. The molecule has 2 unspecified atom stereocenters. The van der Waals surface area contributed by atoms with E-state index >= 15 is 0 Å². The first-order valence-corrected chi connectivity index (χ1v) is 9.43. The molecular weight excluding hydrogens is 387 g/mol. The van der Waals surface area contributed by atoms with Crippen LogP contribution in [0.15, 0.2) is 24.3 Å². The van der Waals surface area contributed by atoms with Gasteiger partial charge in [-0.3, -0.25) is 14.3 Å². The van der Waals surface area contributed by atoms with Gasteiger partial charge in [0.15, 0.2) is 5.69 Å². The van der Waals surface area contributed by atoms with Crippen molar-refractivity contribution < 1.29 is 18.7 Å². The van der Waals surface area contributed by atoms with Gasteiger partial charge in [0.25, 0.3) is 11.8 Å². The first kappa shape index (κ1) is 18.9. The fourth-order valence-corrected chi connectivity index (χ4v) is 3.97. The fourth-order valence-electron chi connectivity index (χ4n) is 3.73. The molecule has 0 bridgehead atoms. The van der Waals surface area contributed by atoms with Crippen molar-refractivity contribution in [2.75, 3.05) is 20.3 Å². The van der Waals surface area contributed by atoms with E-state index in [1.54, 1.807) is 13.0 Å². The number of carbonyl (C=O) groups excluding carboxylic acids is 2. The average Bonchev–Trinajstić information content (AvgIpc) is 3.07. The summed E-state index contributed by atoms with van der Waals surface area (Å²) < 4.78 is 20.6. The molecule has 0 radical (unpaired) electrons. The molecule has 1 saturated heterocycles. The van der Waals surface area contributed by atoms with E-state index < -0.39 is 17.8 Å². The summed E-state index contributed by atoms with van der Waals surface area (Å²) >= 11 is 5.97. The maximum atomic E-state index is 13.8. The quantitative estimate of drug-likeness (QED) is 0.795. The molecule has 2 fully saturated rings. The van der Waals surface area contributed by atoms with Crippen LogP contribution in [0, 0.1) is 17.7 Å². The van der Waals surface area contributed by atoms with Crippen molar-refractivity contribution in [1.82, 2.24) is 20.4 Å². The van der Waals surface area contributed by atoms with Gasteiger partial charge in [-0.05, 0) is 30.7 Å². The molecule has 7 nitrogen and oxygen atoms in total. The van der Waals surface area contributed by atoms with E-state index in [4.69, 9.17) is 16.3 Å². The fraction of sp³-hybridized carbons (Fsp3) is 0.421. The van der Waals surface area contributed by atoms with E-state index in [9.17, 15) is 14.0 Å². The number of nitrogens with one attached hydrogen (secondary N) is 2. The van der Waals surface area contributed by atoms with E-state index in [0.29, 0.717) is 30.6 Å². The van der Waals surface area contributed by atoms with Crippen molar-refractivity contribution in [3.05, 3.63) is 52.1 Å². The molecule has 4 atom stereocenters. The van der Waals surface area contributed by atoms with Gasteiger partial charge in [0.2, 0.25) is 0 Å². The lowest BCUT2D eigenvalue weighted by atomic mass is 10.1. The van der Waals surface area contributed by atoms with Gasteiger partial charge in [-0.1, -0.05) is 11.6 Å². The average molecular weight is 407 g/mol. The van der Waals surface area contributed by atoms with Crippen molar-refractivity contribution in [2.45, 2.75) is 19.0 Å².